The van der Waals surface area contributed by atoms with Gasteiger partial charge >= 0.3 is 5.97 Å². The van der Waals surface area contributed by atoms with E-state index in [2.05, 4.69) is 5.32 Å². The van der Waals surface area contributed by atoms with Crippen molar-refractivity contribution in [1.29, 1.82) is 0 Å². The Kier molecular flexibility index (Phi) is 6.01. The van der Waals surface area contributed by atoms with E-state index >= 15 is 0 Å². The number of nitrogens with zero attached hydrogens (tertiary/aromatic N) is 1. The number of nitrogens with one attached hydrogen (secondary N) is 1. The number of hydrogen-bond acceptors (Lipinski definition) is 5. The molecular formula is C22H20N2O4. The highest BCUT2D eigenvalue weighted by molar-refractivity contribution is 5.93. The molecule has 6 heteroatoms. The lowest BCUT2D eigenvalue weighted by Crippen LogP contribution is -2.19. The average Bonchev–Trinajstić information content (AvgIpc) is 2.72. The van der Waals surface area contributed by atoms with Gasteiger partial charge in [0.25, 0.3) is 5.91 Å². The fourth-order valence-corrected chi connectivity index (χ4v) is 2.72. The van der Waals surface area contributed by atoms with Crippen molar-refractivity contribution in [3.05, 3.63) is 66.7 Å². The molecule has 2 aromatic carbocycles. The van der Waals surface area contributed by atoms with E-state index in [1.54, 1.807) is 13.2 Å². The molecule has 0 spiro atoms. The predicted molar refractivity (Wildman–Crippen MR) is 107 cm³/mol. The molecule has 0 unspecified atom stereocenters. The first kappa shape index (κ1) is 19.1. The van der Waals surface area contributed by atoms with Crippen molar-refractivity contribution >= 4 is 17.6 Å². The molecule has 3 aromatic rings. The molecule has 0 atom stereocenters. The maximum absolute atomic E-state index is 11.9. The summed E-state index contributed by atoms with van der Waals surface area (Å²) in [7, 11) is 1.63. The zero-order valence-corrected chi connectivity index (χ0v) is 15.6. The lowest BCUT2D eigenvalue weighted by Gasteiger charge is -2.10. The molecule has 0 bridgehead atoms. The Hall–Kier alpha value is -3.67. The molecule has 0 aliphatic heterocycles. The van der Waals surface area contributed by atoms with Crippen LogP contribution in [-0.2, 0) is 14.3 Å². The predicted octanol–water partition coefficient (Wildman–Crippen LogP) is 3.93. The number of esters is 1. The number of carbonyl (C=O) groups excluding carboxylic acids is 2. The van der Waals surface area contributed by atoms with Crippen molar-refractivity contribution in [3.8, 4) is 28.3 Å². The second-order valence-corrected chi connectivity index (χ2v) is 6.02. The molecule has 1 N–H and O–H groups in total. The molecule has 0 aliphatic carbocycles. The van der Waals surface area contributed by atoms with Crippen molar-refractivity contribution in [1.82, 2.24) is 4.98 Å². The first-order chi connectivity index (χ1) is 13.6. The summed E-state index contributed by atoms with van der Waals surface area (Å²) in [6, 6.07) is 20.8. The van der Waals surface area contributed by atoms with Crippen LogP contribution in [-0.4, -0.2) is 30.6 Å². The van der Waals surface area contributed by atoms with Crippen LogP contribution in [0.25, 0.3) is 22.5 Å². The lowest BCUT2D eigenvalue weighted by molar-refractivity contribution is -0.144. The van der Waals surface area contributed by atoms with Crippen LogP contribution in [0.4, 0.5) is 5.69 Å². The molecule has 142 valence electrons. The van der Waals surface area contributed by atoms with Gasteiger partial charge in [-0.1, -0.05) is 30.3 Å². The third-order valence-corrected chi connectivity index (χ3v) is 3.98. The van der Waals surface area contributed by atoms with Crippen LogP contribution in [0, 0.1) is 0 Å². The third kappa shape index (κ3) is 4.73. The van der Waals surface area contributed by atoms with Gasteiger partial charge in [-0.2, -0.15) is 0 Å². The van der Waals surface area contributed by atoms with Gasteiger partial charge in [-0.25, -0.2) is 4.98 Å². The molecule has 1 heterocycles. The number of amides is 1. The largest absolute Gasteiger partial charge is 0.496 e. The van der Waals surface area contributed by atoms with E-state index in [9.17, 15) is 9.59 Å². The van der Waals surface area contributed by atoms with E-state index in [4.69, 9.17) is 14.5 Å². The van der Waals surface area contributed by atoms with Crippen LogP contribution in [0.2, 0.25) is 0 Å². The van der Waals surface area contributed by atoms with E-state index in [1.807, 2.05) is 60.7 Å². The zero-order valence-electron chi connectivity index (χ0n) is 15.6. The summed E-state index contributed by atoms with van der Waals surface area (Å²) in [4.78, 5) is 27.4. The Morgan fingerprint density at radius 2 is 1.71 bits per heavy atom. The Morgan fingerprint density at radius 3 is 2.50 bits per heavy atom. The summed E-state index contributed by atoms with van der Waals surface area (Å²) < 4.78 is 10.1. The number of para-hydroxylation sites is 1. The summed E-state index contributed by atoms with van der Waals surface area (Å²) in [5, 5.41) is 2.71. The first-order valence-corrected chi connectivity index (χ1v) is 8.71. The van der Waals surface area contributed by atoms with Crippen LogP contribution >= 0.6 is 0 Å². The van der Waals surface area contributed by atoms with Crippen LogP contribution in [0.3, 0.4) is 0 Å². The van der Waals surface area contributed by atoms with Gasteiger partial charge in [0.2, 0.25) is 0 Å². The minimum absolute atomic E-state index is 0.318. The zero-order chi connectivity index (χ0) is 19.9. The molecule has 0 fully saturated rings. The van der Waals surface area contributed by atoms with E-state index in [0.29, 0.717) is 5.69 Å². The number of carbonyl (C=O) groups is 2. The van der Waals surface area contributed by atoms with Crippen LogP contribution in [0.5, 0.6) is 5.75 Å². The van der Waals surface area contributed by atoms with Crippen LogP contribution in [0.1, 0.15) is 6.92 Å². The third-order valence-electron chi connectivity index (χ3n) is 3.98. The summed E-state index contributed by atoms with van der Waals surface area (Å²) in [5.74, 6) is -0.150. The number of rotatable bonds is 6. The number of aromatic nitrogens is 1. The monoisotopic (exact) mass is 376 g/mol. The fourth-order valence-electron chi connectivity index (χ4n) is 2.72. The highest BCUT2D eigenvalue weighted by Crippen LogP contribution is 2.30. The van der Waals surface area contributed by atoms with Crippen molar-refractivity contribution in [2.45, 2.75) is 6.92 Å². The molecule has 0 aliphatic rings. The maximum Gasteiger partial charge on any atom is 0.303 e. The second-order valence-electron chi connectivity index (χ2n) is 6.02. The Labute approximate surface area is 163 Å². The molecule has 0 saturated heterocycles. The standard InChI is InChI=1S/C22H20N2O4/c1-15(25)28-14-22(26)23-17-8-5-7-16(13-17)19-10-6-11-20(24-19)18-9-3-4-12-21(18)27-2/h3-13H,14H2,1-2H3,(H,23,26). The van der Waals surface area contributed by atoms with Gasteiger partial charge in [0.1, 0.15) is 5.75 Å². The summed E-state index contributed by atoms with van der Waals surface area (Å²) in [5.41, 5.74) is 3.90. The topological polar surface area (TPSA) is 77.5 Å². The highest BCUT2D eigenvalue weighted by atomic mass is 16.5. The maximum atomic E-state index is 11.9. The van der Waals surface area contributed by atoms with Crippen molar-refractivity contribution in [2.24, 2.45) is 0 Å². The number of methoxy groups -OCH3 is 1. The summed E-state index contributed by atoms with van der Waals surface area (Å²) >= 11 is 0. The van der Waals surface area contributed by atoms with Crippen molar-refractivity contribution in [2.75, 3.05) is 19.0 Å². The molecule has 1 amide bonds. The average molecular weight is 376 g/mol. The van der Waals surface area contributed by atoms with Gasteiger partial charge < -0.3 is 14.8 Å². The summed E-state index contributed by atoms with van der Waals surface area (Å²) in [6.45, 7) is 0.940. The Bertz CT molecular complexity index is 1000. The van der Waals surface area contributed by atoms with Crippen molar-refractivity contribution < 1.29 is 19.1 Å². The Morgan fingerprint density at radius 1 is 0.964 bits per heavy atom. The van der Waals surface area contributed by atoms with Crippen LogP contribution < -0.4 is 10.1 Å². The quantitative estimate of drug-likeness (QED) is 0.660. The minimum Gasteiger partial charge on any atom is -0.496 e. The van der Waals surface area contributed by atoms with Crippen molar-refractivity contribution in [3.63, 3.8) is 0 Å². The lowest BCUT2D eigenvalue weighted by atomic mass is 10.1. The highest BCUT2D eigenvalue weighted by Gasteiger charge is 2.09. The summed E-state index contributed by atoms with van der Waals surface area (Å²) in [6.07, 6.45) is 0. The second kappa shape index (κ2) is 8.81. The van der Waals surface area contributed by atoms with Gasteiger partial charge in [-0.15, -0.1) is 0 Å². The molecule has 28 heavy (non-hydrogen) atoms. The normalized spacial score (nSPS) is 10.2. The van der Waals surface area contributed by atoms with Gasteiger partial charge in [-0.05, 0) is 36.4 Å². The SMILES string of the molecule is COc1ccccc1-c1cccc(-c2cccc(NC(=O)COC(C)=O)c2)n1. The number of anilines is 1. The Balaban J connectivity index is 1.84. The van der Waals surface area contributed by atoms with Gasteiger partial charge in [-0.3, -0.25) is 9.59 Å². The molecule has 1 aromatic heterocycles. The van der Waals surface area contributed by atoms with E-state index in [1.165, 1.54) is 6.92 Å². The van der Waals surface area contributed by atoms with E-state index in [0.717, 1.165) is 28.3 Å². The molecule has 3 rings (SSSR count). The molecule has 0 saturated carbocycles. The molecule has 6 nitrogen and oxygen atoms in total. The number of hydrogen-bond donors (Lipinski definition) is 1. The van der Waals surface area contributed by atoms with Crippen LogP contribution in [0.15, 0.2) is 66.7 Å². The smallest absolute Gasteiger partial charge is 0.303 e. The number of pyridine rings is 1. The molecular weight excluding hydrogens is 356 g/mol. The fraction of sp³-hybridized carbons (Fsp3) is 0.136. The number of benzene rings is 2. The van der Waals surface area contributed by atoms with Gasteiger partial charge in [0, 0.05) is 23.7 Å². The van der Waals surface area contributed by atoms with E-state index in [-0.39, 0.29) is 6.61 Å². The number of ether oxygens (including phenoxy) is 2. The molecule has 0 radical (unpaired) electrons. The first-order valence-electron chi connectivity index (χ1n) is 8.71. The van der Waals surface area contributed by atoms with Gasteiger partial charge in [0.05, 0.1) is 18.5 Å². The van der Waals surface area contributed by atoms with Gasteiger partial charge in [0.15, 0.2) is 6.61 Å². The minimum atomic E-state index is -0.499. The van der Waals surface area contributed by atoms with E-state index < -0.39 is 11.9 Å².